The fourth-order valence-corrected chi connectivity index (χ4v) is 7.78. The second-order valence-corrected chi connectivity index (χ2v) is 15.6. The van der Waals surface area contributed by atoms with E-state index in [1.54, 1.807) is 13.8 Å². The predicted octanol–water partition coefficient (Wildman–Crippen LogP) is 2.46. The molecule has 0 bridgehead atoms. The van der Waals surface area contributed by atoms with Crippen LogP contribution in [0.2, 0.25) is 0 Å². The van der Waals surface area contributed by atoms with E-state index < -0.39 is 74.0 Å². The first-order chi connectivity index (χ1) is 22.7. The van der Waals surface area contributed by atoms with Crippen molar-refractivity contribution in [2.45, 2.75) is 100 Å². The molecule has 4 amide bonds. The number of allylic oxidation sites excluding steroid dienone is 1. The van der Waals surface area contributed by atoms with Gasteiger partial charge in [0.1, 0.15) is 35.2 Å². The molecule has 4 aliphatic rings. The first-order valence-corrected chi connectivity index (χ1v) is 17.7. The summed E-state index contributed by atoms with van der Waals surface area (Å²) in [5.74, 6) is -3.08. The summed E-state index contributed by atoms with van der Waals surface area (Å²) in [4.78, 5) is 63.4. The third kappa shape index (κ3) is 6.66. The average Bonchev–Trinajstić information content (AvgIpc) is 3.90. The van der Waals surface area contributed by atoms with Crippen molar-refractivity contribution < 1.29 is 41.8 Å². The molecule has 4 N–H and O–H groups in total. The SMILES string of the molecule is Cc1nc2ccc(F)cc2nc1O[C@@H]1C[C@H]2C(=O)N[C@]3(C(=O)NS(=O)(=O)C4(C)CC4)C[C@H]3C=CCCCCC[C@H](NC(=O)O)C(=O)N2C1. The number of benzene rings is 1. The summed E-state index contributed by atoms with van der Waals surface area (Å²) in [6.45, 7) is 3.09. The van der Waals surface area contributed by atoms with Crippen LogP contribution in [0.25, 0.3) is 11.0 Å². The Bertz CT molecular complexity index is 1800. The van der Waals surface area contributed by atoms with E-state index in [-0.39, 0.29) is 37.2 Å². The molecule has 1 saturated heterocycles. The van der Waals surface area contributed by atoms with Gasteiger partial charge in [0, 0.05) is 18.4 Å². The van der Waals surface area contributed by atoms with Crippen LogP contribution in [0.15, 0.2) is 30.4 Å². The zero-order valence-electron chi connectivity index (χ0n) is 26.7. The van der Waals surface area contributed by atoms with E-state index in [1.165, 1.54) is 23.1 Å². The van der Waals surface area contributed by atoms with Gasteiger partial charge in [-0.25, -0.2) is 27.6 Å². The van der Waals surface area contributed by atoms with Crippen LogP contribution in [0.1, 0.15) is 70.4 Å². The number of aromatic nitrogens is 2. The Hall–Kier alpha value is -4.34. The average molecular weight is 687 g/mol. The number of fused-ring (bicyclic) bond motifs is 3. The van der Waals surface area contributed by atoms with E-state index in [1.807, 2.05) is 12.2 Å². The van der Waals surface area contributed by atoms with E-state index in [0.717, 1.165) is 6.42 Å². The number of hydrogen-bond acceptors (Lipinski definition) is 9. The van der Waals surface area contributed by atoms with Crippen LogP contribution in [0.3, 0.4) is 0 Å². The number of rotatable bonds is 6. The maximum absolute atomic E-state index is 14.1. The molecular weight excluding hydrogens is 647 g/mol. The number of carboxylic acid groups (broad SMARTS) is 1. The molecule has 14 nitrogen and oxygen atoms in total. The fourth-order valence-electron chi connectivity index (χ4n) is 6.46. The highest BCUT2D eigenvalue weighted by molar-refractivity contribution is 7.91. The highest BCUT2D eigenvalue weighted by Crippen LogP contribution is 2.47. The first-order valence-electron chi connectivity index (χ1n) is 16.2. The molecule has 2 aromatic rings. The van der Waals surface area contributed by atoms with E-state index in [2.05, 4.69) is 25.3 Å². The summed E-state index contributed by atoms with van der Waals surface area (Å²) >= 11 is 0. The Morgan fingerprint density at radius 2 is 1.92 bits per heavy atom. The number of carbonyl (C=O) groups is 4. The number of amides is 4. The summed E-state index contributed by atoms with van der Waals surface area (Å²) in [6, 6.07) is 1.63. The number of halogens is 1. The lowest BCUT2D eigenvalue weighted by Crippen LogP contribution is -2.58. The van der Waals surface area contributed by atoms with Crippen molar-refractivity contribution in [1.82, 2.24) is 30.2 Å². The Morgan fingerprint density at radius 1 is 1.15 bits per heavy atom. The van der Waals surface area contributed by atoms with Gasteiger partial charge in [-0.2, -0.15) is 0 Å². The molecule has 48 heavy (non-hydrogen) atoms. The quantitative estimate of drug-likeness (QED) is 0.328. The number of hydrogen-bond donors (Lipinski definition) is 4. The van der Waals surface area contributed by atoms with Crippen LogP contribution in [0.4, 0.5) is 9.18 Å². The molecule has 3 heterocycles. The van der Waals surface area contributed by atoms with Gasteiger partial charge in [0.2, 0.25) is 27.7 Å². The van der Waals surface area contributed by atoms with Crippen LogP contribution in [0.5, 0.6) is 5.88 Å². The molecule has 6 rings (SSSR count). The van der Waals surface area contributed by atoms with Gasteiger partial charge in [-0.3, -0.25) is 19.1 Å². The number of nitrogens with zero attached hydrogens (tertiary/aromatic N) is 3. The standard InChI is InChI=1S/C32H39FN6O8S/c1-18-27(35-24-14-20(33)10-11-22(24)34-18)47-21-15-25-26(40)37-32(29(42)38-48(45,46)31(2)12-13-31)16-19(32)8-6-4-3-5-7-9-23(36-30(43)44)28(41)39(25)17-21/h6,8,10-11,14,19,21,23,25,36H,3-5,7,9,12-13,15-17H2,1-2H3,(H,37,40)(H,38,42)(H,43,44)/t19-,21-,23+,25+,32-/m1/s1. The first kappa shape index (κ1) is 33.6. The summed E-state index contributed by atoms with van der Waals surface area (Å²) in [6.07, 6.45) is 5.32. The molecular formula is C32H39FN6O8S. The Kier molecular flexibility index (Phi) is 8.81. The smallest absolute Gasteiger partial charge is 0.405 e. The van der Waals surface area contributed by atoms with Gasteiger partial charge in [-0.1, -0.05) is 25.0 Å². The summed E-state index contributed by atoms with van der Waals surface area (Å²) in [5, 5.41) is 14.6. The summed E-state index contributed by atoms with van der Waals surface area (Å²) in [5.41, 5.74) is -0.456. The van der Waals surface area contributed by atoms with Crippen molar-refractivity contribution in [3.05, 3.63) is 41.9 Å². The van der Waals surface area contributed by atoms with Crippen molar-refractivity contribution in [3.63, 3.8) is 0 Å². The van der Waals surface area contributed by atoms with Gasteiger partial charge in [0.25, 0.3) is 5.91 Å². The van der Waals surface area contributed by atoms with Crippen LogP contribution >= 0.6 is 0 Å². The molecule has 0 spiro atoms. The fraction of sp³-hybridized carbons (Fsp3) is 0.562. The molecule has 1 aromatic carbocycles. The number of sulfonamides is 1. The Balaban J connectivity index is 1.30. The summed E-state index contributed by atoms with van der Waals surface area (Å²) in [7, 11) is -4.00. The van der Waals surface area contributed by atoms with Crippen molar-refractivity contribution in [1.29, 1.82) is 0 Å². The van der Waals surface area contributed by atoms with Gasteiger partial charge in [-0.05, 0) is 64.5 Å². The summed E-state index contributed by atoms with van der Waals surface area (Å²) < 4.78 is 47.2. The minimum absolute atomic E-state index is 0.0474. The molecule has 0 unspecified atom stereocenters. The van der Waals surface area contributed by atoms with Crippen LogP contribution in [-0.2, 0) is 24.4 Å². The molecule has 2 saturated carbocycles. The number of nitrogens with one attached hydrogen (secondary N) is 3. The van der Waals surface area contributed by atoms with E-state index in [4.69, 9.17) is 4.74 Å². The largest absolute Gasteiger partial charge is 0.471 e. The maximum atomic E-state index is 14.1. The number of aryl methyl sites for hydroxylation is 1. The van der Waals surface area contributed by atoms with Crippen molar-refractivity contribution in [3.8, 4) is 5.88 Å². The Labute approximate surface area is 276 Å². The second kappa shape index (κ2) is 12.6. The molecule has 258 valence electrons. The zero-order valence-corrected chi connectivity index (χ0v) is 27.5. The van der Waals surface area contributed by atoms with Gasteiger partial charge in [0.15, 0.2) is 0 Å². The maximum Gasteiger partial charge on any atom is 0.405 e. The van der Waals surface area contributed by atoms with E-state index in [9.17, 15) is 37.1 Å². The molecule has 1 aromatic heterocycles. The number of ether oxygens (including phenoxy) is 1. The monoisotopic (exact) mass is 686 g/mol. The topological polar surface area (TPSA) is 197 Å². The second-order valence-electron chi connectivity index (χ2n) is 13.5. The van der Waals surface area contributed by atoms with Gasteiger partial charge >= 0.3 is 6.09 Å². The third-order valence-corrected chi connectivity index (χ3v) is 12.0. The van der Waals surface area contributed by atoms with Gasteiger partial charge < -0.3 is 25.4 Å². The predicted molar refractivity (Wildman–Crippen MR) is 170 cm³/mol. The molecule has 2 aliphatic carbocycles. The normalized spacial score (nSPS) is 28.7. The lowest BCUT2D eigenvalue weighted by molar-refractivity contribution is -0.141. The minimum atomic E-state index is -4.00. The van der Waals surface area contributed by atoms with Gasteiger partial charge in [-0.15, -0.1) is 0 Å². The molecule has 3 fully saturated rings. The van der Waals surface area contributed by atoms with Crippen LogP contribution < -0.4 is 20.1 Å². The lowest BCUT2D eigenvalue weighted by Gasteiger charge is -2.29. The molecule has 0 radical (unpaired) electrons. The highest BCUT2D eigenvalue weighted by Gasteiger charge is 2.63. The zero-order chi connectivity index (χ0) is 34.4. The lowest BCUT2D eigenvalue weighted by atomic mass is 10.1. The molecule has 5 atom stereocenters. The van der Waals surface area contributed by atoms with Crippen molar-refractivity contribution >= 4 is 44.9 Å². The number of carbonyl (C=O) groups excluding carboxylic acids is 3. The molecule has 2 aliphatic heterocycles. The van der Waals surface area contributed by atoms with Gasteiger partial charge in [0.05, 0.1) is 22.3 Å². The van der Waals surface area contributed by atoms with Crippen LogP contribution in [0, 0.1) is 18.7 Å². The van der Waals surface area contributed by atoms with E-state index >= 15 is 0 Å². The molecule has 16 heteroatoms. The Morgan fingerprint density at radius 3 is 2.65 bits per heavy atom. The van der Waals surface area contributed by atoms with Crippen molar-refractivity contribution in [2.75, 3.05) is 6.54 Å². The third-order valence-electron chi connectivity index (χ3n) is 9.81. The van der Waals surface area contributed by atoms with Crippen molar-refractivity contribution in [2.24, 2.45) is 5.92 Å². The van der Waals surface area contributed by atoms with E-state index in [0.29, 0.717) is 43.3 Å². The van der Waals surface area contributed by atoms with Crippen LogP contribution in [-0.4, -0.2) is 87.2 Å². The highest BCUT2D eigenvalue weighted by atomic mass is 32.2. The minimum Gasteiger partial charge on any atom is -0.471 e.